The van der Waals surface area contributed by atoms with E-state index in [0.717, 1.165) is 24.1 Å². The number of nitrogens with zero attached hydrogens (tertiary/aromatic N) is 1. The molecule has 0 fully saturated rings. The van der Waals surface area contributed by atoms with Crippen LogP contribution in [-0.4, -0.2) is 25.9 Å². The number of anilines is 1. The average Bonchev–Trinajstić information content (AvgIpc) is 2.37. The predicted octanol–water partition coefficient (Wildman–Crippen LogP) is 2.78. The lowest BCUT2D eigenvalue weighted by Crippen LogP contribution is -2.22. The van der Waals surface area contributed by atoms with Crippen LogP contribution in [0.1, 0.15) is 24.8 Å². The van der Waals surface area contributed by atoms with Gasteiger partial charge in [0.05, 0.1) is 0 Å². The van der Waals surface area contributed by atoms with Crippen molar-refractivity contribution in [1.29, 1.82) is 0 Å². The van der Waals surface area contributed by atoms with Crippen molar-refractivity contribution in [2.24, 2.45) is 0 Å². The third kappa shape index (κ3) is 5.41. The molecule has 0 aliphatic heterocycles. The van der Waals surface area contributed by atoms with Gasteiger partial charge in [-0.1, -0.05) is 12.1 Å². The molecule has 18 heavy (non-hydrogen) atoms. The first kappa shape index (κ1) is 14.8. The minimum Gasteiger partial charge on any atom is -0.378 e. The van der Waals surface area contributed by atoms with E-state index in [0.29, 0.717) is 18.8 Å². The Kier molecular flexibility index (Phi) is 6.58. The van der Waals surface area contributed by atoms with Gasteiger partial charge >= 0.3 is 0 Å². The normalized spacial score (nSPS) is 10.2. The fraction of sp³-hybridized carbons (Fsp3) is 0.500. The molecule has 0 radical (unpaired) electrons. The molecule has 0 aliphatic rings. The Balaban J connectivity index is 2.32. The molecule has 0 unspecified atom stereocenters. The van der Waals surface area contributed by atoms with E-state index >= 15 is 0 Å². The topological polar surface area (TPSA) is 32.3 Å². The lowest BCUT2D eigenvalue weighted by molar-refractivity contribution is -0.121. The monoisotopic (exact) mass is 268 g/mol. The maximum Gasteiger partial charge on any atom is 0.220 e. The summed E-state index contributed by atoms with van der Waals surface area (Å²) in [4.78, 5) is 13.6. The molecule has 0 saturated carbocycles. The van der Waals surface area contributed by atoms with Gasteiger partial charge in [-0.3, -0.25) is 4.79 Å². The predicted molar refractivity (Wildman–Crippen MR) is 77.2 cm³/mol. The Morgan fingerprint density at radius 2 is 1.89 bits per heavy atom. The van der Waals surface area contributed by atoms with Crippen molar-refractivity contribution in [3.63, 3.8) is 0 Å². The number of alkyl halides is 1. The minimum absolute atomic E-state index is 0.0943. The van der Waals surface area contributed by atoms with E-state index in [1.54, 1.807) is 0 Å². The van der Waals surface area contributed by atoms with Gasteiger partial charge in [0, 0.05) is 38.6 Å². The summed E-state index contributed by atoms with van der Waals surface area (Å²) in [6.07, 6.45) is 2.31. The van der Waals surface area contributed by atoms with Crippen molar-refractivity contribution in [2.75, 3.05) is 24.9 Å². The first-order valence-electron chi connectivity index (χ1n) is 6.22. The Bertz CT molecular complexity index is 363. The molecule has 0 aromatic heterocycles. The minimum atomic E-state index is 0.0943. The lowest BCUT2D eigenvalue weighted by Gasteiger charge is -2.12. The quantitative estimate of drug-likeness (QED) is 0.609. The highest BCUT2D eigenvalue weighted by atomic mass is 35.5. The molecule has 1 amide bonds. The van der Waals surface area contributed by atoms with Gasteiger partial charge in [-0.25, -0.2) is 0 Å². The van der Waals surface area contributed by atoms with Crippen molar-refractivity contribution in [1.82, 2.24) is 5.32 Å². The van der Waals surface area contributed by atoms with Crippen molar-refractivity contribution >= 4 is 23.2 Å². The number of benzene rings is 1. The van der Waals surface area contributed by atoms with Crippen LogP contribution in [0.2, 0.25) is 0 Å². The number of unbranched alkanes of at least 4 members (excludes halogenated alkanes) is 1. The van der Waals surface area contributed by atoms with Crippen LogP contribution in [-0.2, 0) is 11.3 Å². The van der Waals surface area contributed by atoms with Crippen LogP contribution in [0.5, 0.6) is 0 Å². The second-order valence-electron chi connectivity index (χ2n) is 4.48. The smallest absolute Gasteiger partial charge is 0.220 e. The molecule has 0 spiro atoms. The highest BCUT2D eigenvalue weighted by Crippen LogP contribution is 2.12. The van der Waals surface area contributed by atoms with Crippen LogP contribution in [0.15, 0.2) is 24.3 Å². The zero-order valence-corrected chi connectivity index (χ0v) is 11.8. The van der Waals surface area contributed by atoms with Crippen LogP contribution in [0.3, 0.4) is 0 Å². The zero-order chi connectivity index (χ0) is 13.4. The van der Waals surface area contributed by atoms with E-state index in [4.69, 9.17) is 11.6 Å². The van der Waals surface area contributed by atoms with E-state index < -0.39 is 0 Å². The number of amides is 1. The van der Waals surface area contributed by atoms with Crippen molar-refractivity contribution in [3.05, 3.63) is 29.8 Å². The van der Waals surface area contributed by atoms with Gasteiger partial charge in [0.25, 0.3) is 0 Å². The van der Waals surface area contributed by atoms with Crippen LogP contribution >= 0.6 is 11.6 Å². The van der Waals surface area contributed by atoms with Crippen molar-refractivity contribution < 1.29 is 4.79 Å². The number of rotatable bonds is 7. The van der Waals surface area contributed by atoms with Crippen LogP contribution < -0.4 is 10.2 Å². The van der Waals surface area contributed by atoms with Gasteiger partial charge in [0.15, 0.2) is 0 Å². The van der Waals surface area contributed by atoms with Crippen molar-refractivity contribution in [2.45, 2.75) is 25.8 Å². The highest BCUT2D eigenvalue weighted by Gasteiger charge is 2.01. The first-order valence-corrected chi connectivity index (χ1v) is 6.76. The average molecular weight is 269 g/mol. The van der Waals surface area contributed by atoms with E-state index in [-0.39, 0.29) is 5.91 Å². The summed E-state index contributed by atoms with van der Waals surface area (Å²) in [6.45, 7) is 0.591. The Hall–Kier alpha value is -1.22. The molecule has 1 aromatic rings. The largest absolute Gasteiger partial charge is 0.378 e. The summed E-state index contributed by atoms with van der Waals surface area (Å²) < 4.78 is 0. The third-order valence-electron chi connectivity index (χ3n) is 2.73. The van der Waals surface area contributed by atoms with Gasteiger partial charge in [0.2, 0.25) is 5.91 Å². The number of hydrogen-bond donors (Lipinski definition) is 1. The number of carbonyl (C=O) groups is 1. The van der Waals surface area contributed by atoms with Crippen LogP contribution in [0, 0.1) is 0 Å². The summed E-state index contributed by atoms with van der Waals surface area (Å²) in [5.41, 5.74) is 2.28. The molecule has 1 N–H and O–H groups in total. The standard InChI is InChI=1S/C14H21ClN2O/c1-17(2)13-8-6-12(7-9-13)11-16-14(18)5-3-4-10-15/h6-9H,3-5,10-11H2,1-2H3,(H,16,18). The van der Waals surface area contributed by atoms with E-state index in [1.807, 2.05) is 26.2 Å². The summed E-state index contributed by atoms with van der Waals surface area (Å²) >= 11 is 5.56. The van der Waals surface area contributed by atoms with Crippen LogP contribution in [0.25, 0.3) is 0 Å². The maximum absolute atomic E-state index is 11.5. The molecule has 0 aliphatic carbocycles. The van der Waals surface area contributed by atoms with Gasteiger partial charge in [-0.2, -0.15) is 0 Å². The fourth-order valence-electron chi connectivity index (χ4n) is 1.58. The second-order valence-corrected chi connectivity index (χ2v) is 4.86. The summed E-state index contributed by atoms with van der Waals surface area (Å²) in [6, 6.07) is 8.17. The molecule has 0 saturated heterocycles. The van der Waals surface area contributed by atoms with Crippen LogP contribution in [0.4, 0.5) is 5.69 Å². The Labute approximate surface area is 114 Å². The van der Waals surface area contributed by atoms with Gasteiger partial charge < -0.3 is 10.2 Å². The summed E-state index contributed by atoms with van der Waals surface area (Å²) in [5.74, 6) is 0.719. The fourth-order valence-corrected chi connectivity index (χ4v) is 1.77. The summed E-state index contributed by atoms with van der Waals surface area (Å²) in [5, 5.41) is 2.91. The number of nitrogens with one attached hydrogen (secondary N) is 1. The van der Waals surface area contributed by atoms with E-state index in [2.05, 4.69) is 22.3 Å². The highest BCUT2D eigenvalue weighted by molar-refractivity contribution is 6.17. The molecule has 1 rings (SSSR count). The number of halogens is 1. The third-order valence-corrected chi connectivity index (χ3v) is 3.00. The zero-order valence-electron chi connectivity index (χ0n) is 11.1. The molecular formula is C14H21ClN2O. The van der Waals surface area contributed by atoms with E-state index in [1.165, 1.54) is 0 Å². The first-order chi connectivity index (χ1) is 8.63. The SMILES string of the molecule is CN(C)c1ccc(CNC(=O)CCCCCl)cc1. The molecule has 3 nitrogen and oxygen atoms in total. The lowest BCUT2D eigenvalue weighted by atomic mass is 10.2. The molecule has 0 heterocycles. The Morgan fingerprint density at radius 1 is 1.22 bits per heavy atom. The molecule has 4 heteroatoms. The molecule has 0 atom stereocenters. The Morgan fingerprint density at radius 3 is 2.44 bits per heavy atom. The van der Waals surface area contributed by atoms with Gasteiger partial charge in [0.1, 0.15) is 0 Å². The molecular weight excluding hydrogens is 248 g/mol. The van der Waals surface area contributed by atoms with Gasteiger partial charge in [-0.15, -0.1) is 11.6 Å². The number of carbonyl (C=O) groups excluding carboxylic acids is 1. The molecule has 100 valence electrons. The number of hydrogen-bond acceptors (Lipinski definition) is 2. The second kappa shape index (κ2) is 7.98. The molecule has 1 aromatic carbocycles. The van der Waals surface area contributed by atoms with E-state index in [9.17, 15) is 4.79 Å². The van der Waals surface area contributed by atoms with Gasteiger partial charge in [-0.05, 0) is 30.5 Å². The van der Waals surface area contributed by atoms with Crippen molar-refractivity contribution in [3.8, 4) is 0 Å². The molecule has 0 bridgehead atoms. The summed E-state index contributed by atoms with van der Waals surface area (Å²) in [7, 11) is 4.02. The maximum atomic E-state index is 11.5.